The first-order valence-corrected chi connectivity index (χ1v) is 27.2. The van der Waals surface area contributed by atoms with Crippen LogP contribution in [0.3, 0.4) is 0 Å². The zero-order valence-electron chi connectivity index (χ0n) is 33.2. The van der Waals surface area contributed by atoms with Crippen molar-refractivity contribution >= 4 is 15.8 Å². The van der Waals surface area contributed by atoms with E-state index in [1.807, 2.05) is 6.16 Å². The maximum atomic E-state index is 2.79. The smallest absolute Gasteiger partial charge is 0.00789 e. The number of hydrogen-bond donors (Lipinski definition) is 0. The van der Waals surface area contributed by atoms with Gasteiger partial charge in [0, 0.05) is 0 Å². The lowest BCUT2D eigenvalue weighted by Gasteiger charge is -2.71. The first-order valence-electron chi connectivity index (χ1n) is 24.3. The van der Waals surface area contributed by atoms with Gasteiger partial charge in [-0.2, -0.15) is 0 Å². The highest BCUT2D eigenvalue weighted by atomic mass is 31.1. The van der Waals surface area contributed by atoms with Crippen molar-refractivity contribution in [1.29, 1.82) is 0 Å². The van der Waals surface area contributed by atoms with Gasteiger partial charge in [0.2, 0.25) is 0 Å². The largest absolute Gasteiger partial charge is 0.0936 e. The van der Waals surface area contributed by atoms with Crippen LogP contribution < -0.4 is 0 Å². The van der Waals surface area contributed by atoms with E-state index in [1.165, 1.54) is 0 Å². The van der Waals surface area contributed by atoms with E-state index in [-0.39, 0.29) is 15.8 Å². The van der Waals surface area contributed by atoms with Crippen molar-refractivity contribution in [2.24, 2.45) is 88.8 Å². The molecule has 282 valence electrons. The lowest BCUT2D eigenvalue weighted by atomic mass is 9.55. The zero-order valence-corrected chi connectivity index (χ0v) is 35.0. The molecule has 0 aliphatic heterocycles. The third kappa shape index (κ3) is 4.93. The summed E-state index contributed by atoms with van der Waals surface area (Å²) < 4.78 is 0. The van der Waals surface area contributed by atoms with Crippen LogP contribution in [0.2, 0.25) is 0 Å². The summed E-state index contributed by atoms with van der Waals surface area (Å²) in [5.41, 5.74) is 1.16. The van der Waals surface area contributed by atoms with Gasteiger partial charge in [-0.3, -0.25) is 0 Å². The molecule has 0 radical (unpaired) electrons. The van der Waals surface area contributed by atoms with Crippen LogP contribution >= 0.6 is 15.8 Å². The Morgan fingerprint density at radius 2 is 0.588 bits per heavy atom. The molecule has 0 amide bonds. The van der Waals surface area contributed by atoms with Gasteiger partial charge in [0.15, 0.2) is 0 Å². The molecule has 17 fully saturated rings. The summed E-state index contributed by atoms with van der Waals surface area (Å²) in [7, 11) is 0.229. The molecule has 51 heavy (non-hydrogen) atoms. The second kappa shape index (κ2) is 11.3. The fourth-order valence-corrected chi connectivity index (χ4v) is 34.1. The first kappa shape index (κ1) is 32.9. The quantitative estimate of drug-likeness (QED) is 0.229. The molecule has 16 bridgehead atoms. The van der Waals surface area contributed by atoms with E-state index in [0.29, 0.717) is 0 Å². The summed E-state index contributed by atoms with van der Waals surface area (Å²) >= 11 is 0. The van der Waals surface area contributed by atoms with Crippen LogP contribution in [0, 0.1) is 88.8 Å². The summed E-state index contributed by atoms with van der Waals surface area (Å²) in [4.78, 5) is 0. The van der Waals surface area contributed by atoms with Crippen LogP contribution in [0.4, 0.5) is 0 Å². The Morgan fingerprint density at radius 3 is 0.882 bits per heavy atom. The molecule has 0 N–H and O–H groups in total. The van der Waals surface area contributed by atoms with Crippen molar-refractivity contribution in [2.75, 3.05) is 6.16 Å². The predicted molar refractivity (Wildman–Crippen MR) is 217 cm³/mol. The molecule has 0 spiro atoms. The molecule has 17 aliphatic rings. The van der Waals surface area contributed by atoms with E-state index in [1.54, 1.807) is 167 Å². The minimum Gasteiger partial charge on any atom is -0.0936 e. The van der Waals surface area contributed by atoms with Crippen LogP contribution in [0.15, 0.2) is 0 Å². The highest BCUT2D eigenvalue weighted by Crippen LogP contribution is 2.84. The molecule has 17 aliphatic carbocycles. The second-order valence-electron chi connectivity index (χ2n) is 25.3. The molecule has 4 atom stereocenters. The Labute approximate surface area is 316 Å². The van der Waals surface area contributed by atoms with Crippen molar-refractivity contribution in [3.8, 4) is 0 Å². The molecule has 2 unspecified atom stereocenters. The minimum absolute atomic E-state index is 0.101. The number of hydrogen-bond acceptors (Lipinski definition) is 0. The Morgan fingerprint density at radius 1 is 0.333 bits per heavy atom. The van der Waals surface area contributed by atoms with Crippen molar-refractivity contribution < 1.29 is 0 Å². The fourth-order valence-electron chi connectivity index (χ4n) is 22.0. The molecule has 0 aromatic heterocycles. The van der Waals surface area contributed by atoms with E-state index in [9.17, 15) is 0 Å². The van der Waals surface area contributed by atoms with Gasteiger partial charge in [-0.25, -0.2) is 0 Å². The molecule has 0 heterocycles. The predicted octanol–water partition coefficient (Wildman–Crippen LogP) is 13.9. The van der Waals surface area contributed by atoms with Gasteiger partial charge >= 0.3 is 0 Å². The Bertz CT molecular complexity index is 1180. The molecule has 2 heteroatoms. The van der Waals surface area contributed by atoms with Gasteiger partial charge < -0.3 is 0 Å². The van der Waals surface area contributed by atoms with E-state index >= 15 is 0 Å². The standard InChI is InChI=1S/C49H76P2/c1-30-3-44(29-50(46-17-32-5-33(18-46)7-34(6-32)19-46)47-20-35-8-36(21-47)10-37(9-35)22-47)45(4-31(30)2)51(48-23-38-11-39(24-48)13-40(12-38)25-48)49-26-41-14-42(27-49)16-43(15-41)28-49/h30-45H,3-29H2,1-2H3/t30?,31?,32?,33?,34?,35?,36?,37?,38?,39?,40?,41?,42?,43?,44-,45-,46?,47?,48?,49?,50?,51?/m1/s1. The molecule has 17 saturated carbocycles. The topological polar surface area (TPSA) is 0 Å². The molecule has 0 saturated heterocycles. The third-order valence-corrected chi connectivity index (χ3v) is 30.4. The normalized spacial score (nSPS) is 63.6. The van der Waals surface area contributed by atoms with Crippen molar-refractivity contribution in [2.45, 2.75) is 207 Å². The van der Waals surface area contributed by atoms with Gasteiger partial charge in [-0.1, -0.05) is 29.7 Å². The maximum absolute atomic E-state index is 2.79. The van der Waals surface area contributed by atoms with Gasteiger partial charge in [0.1, 0.15) is 0 Å². The Kier molecular flexibility index (Phi) is 7.28. The van der Waals surface area contributed by atoms with Crippen LogP contribution in [0.1, 0.15) is 181 Å². The second-order valence-corrected chi connectivity index (χ2v) is 31.7. The van der Waals surface area contributed by atoms with E-state index in [2.05, 4.69) is 13.8 Å². The highest BCUT2D eigenvalue weighted by Gasteiger charge is 2.67. The van der Waals surface area contributed by atoms with Gasteiger partial charge in [0.25, 0.3) is 0 Å². The van der Waals surface area contributed by atoms with Gasteiger partial charge in [0.05, 0.1) is 0 Å². The van der Waals surface area contributed by atoms with Crippen molar-refractivity contribution in [3.05, 3.63) is 0 Å². The Balaban J connectivity index is 0.936. The third-order valence-electron chi connectivity index (χ3n) is 21.7. The van der Waals surface area contributed by atoms with Crippen LogP contribution in [-0.2, 0) is 0 Å². The monoisotopic (exact) mass is 727 g/mol. The molecule has 0 aromatic carbocycles. The van der Waals surface area contributed by atoms with Gasteiger partial charge in [-0.05, 0) is 288 Å². The summed E-state index contributed by atoms with van der Waals surface area (Å²) in [6.45, 7) is 5.57. The van der Waals surface area contributed by atoms with E-state index in [0.717, 1.165) is 115 Å². The van der Waals surface area contributed by atoms with Crippen LogP contribution in [-0.4, -0.2) is 32.4 Å². The van der Waals surface area contributed by atoms with E-state index < -0.39 is 0 Å². The van der Waals surface area contributed by atoms with Crippen LogP contribution in [0.25, 0.3) is 0 Å². The average Bonchev–Trinajstić information content (AvgIpc) is 3.03. The fraction of sp³-hybridized carbons (Fsp3) is 1.00. The summed E-state index contributed by atoms with van der Waals surface area (Å²) in [6.07, 6.45) is 45.9. The lowest BCUT2D eigenvalue weighted by Crippen LogP contribution is -2.60. The highest BCUT2D eigenvalue weighted by molar-refractivity contribution is 7.62. The minimum atomic E-state index is 0.101. The SMILES string of the molecule is CC1C[C@H](CP(C23CC4CC(CC(C4)C2)C3)C23CC4CC(CC(C4)C2)C3)[C@H](P(C23CC4CC(CC(C4)C2)C3)C23CC4CC(CC(C4)C2)C3)CC1C. The average molecular weight is 727 g/mol. The van der Waals surface area contributed by atoms with Crippen molar-refractivity contribution in [3.63, 3.8) is 0 Å². The van der Waals surface area contributed by atoms with Gasteiger partial charge in [-0.15, -0.1) is 0 Å². The first-order chi connectivity index (χ1) is 24.7. The summed E-state index contributed by atoms with van der Waals surface area (Å²) in [5.74, 6) is 16.8. The van der Waals surface area contributed by atoms with Crippen molar-refractivity contribution in [1.82, 2.24) is 0 Å². The number of rotatable bonds is 7. The molecule has 0 aromatic rings. The molecular formula is C49H76P2. The Hall–Kier alpha value is 0.860. The molecular weight excluding hydrogens is 650 g/mol. The van der Waals surface area contributed by atoms with E-state index in [4.69, 9.17) is 0 Å². The molecule has 0 nitrogen and oxygen atoms in total. The summed E-state index contributed by atoms with van der Waals surface area (Å²) in [5, 5.41) is 3.31. The molecule has 17 rings (SSSR count). The lowest BCUT2D eigenvalue weighted by molar-refractivity contribution is 0.0159. The summed E-state index contributed by atoms with van der Waals surface area (Å²) in [6, 6.07) is 0. The van der Waals surface area contributed by atoms with Crippen LogP contribution in [0.5, 0.6) is 0 Å². The maximum Gasteiger partial charge on any atom is -0.00789 e. The zero-order chi connectivity index (χ0) is 33.5.